The Morgan fingerprint density at radius 2 is 2.29 bits per heavy atom. The molecule has 0 bridgehead atoms. The Morgan fingerprint density at radius 1 is 1.43 bits per heavy atom. The van der Waals surface area contributed by atoms with Gasteiger partial charge in [-0.1, -0.05) is 0 Å². The molecule has 1 aliphatic heterocycles. The van der Waals surface area contributed by atoms with Gasteiger partial charge in [-0.25, -0.2) is 9.97 Å². The molecule has 1 aliphatic carbocycles. The molecule has 0 atom stereocenters. The highest BCUT2D eigenvalue weighted by Gasteiger charge is 2.48. The second kappa shape index (κ2) is 4.44. The summed E-state index contributed by atoms with van der Waals surface area (Å²) in [6, 6.07) is 0. The average molecular weight is 285 g/mol. The van der Waals surface area contributed by atoms with Crippen LogP contribution in [0.5, 0.6) is 0 Å². The maximum Gasteiger partial charge on any atom is 0.271 e. The van der Waals surface area contributed by atoms with Gasteiger partial charge in [0.05, 0.1) is 0 Å². The summed E-state index contributed by atoms with van der Waals surface area (Å²) in [5.74, 6) is 1.95. The van der Waals surface area contributed by atoms with Crippen molar-refractivity contribution in [2.45, 2.75) is 44.6 Å². The van der Waals surface area contributed by atoms with Crippen molar-refractivity contribution in [3.05, 3.63) is 35.4 Å². The summed E-state index contributed by atoms with van der Waals surface area (Å²) < 4.78 is 2.17. The molecule has 1 saturated carbocycles. The van der Waals surface area contributed by atoms with E-state index in [1.807, 2.05) is 19.3 Å². The molecule has 2 aromatic heterocycles. The predicted octanol–water partition coefficient (Wildman–Crippen LogP) is 1.32. The lowest BCUT2D eigenvalue weighted by Gasteiger charge is -2.14. The van der Waals surface area contributed by atoms with E-state index in [-0.39, 0.29) is 11.3 Å². The average Bonchev–Trinajstić information content (AvgIpc) is 3.01. The minimum atomic E-state index is -0.0420. The standard InChI is InChI=1S/C15H19N5O/c1-10-16-7-8-20(10)9-15(4-5-15)14-18-11-3-2-6-17-13(21)12(11)19-14/h7-8H,2-6,9H2,1H3,(H,17,21)(H,18,19). The second-order valence-electron chi connectivity index (χ2n) is 6.15. The SMILES string of the molecule is Cc1nccn1CC1(c2nc3c([nH]2)CCCNC3=O)CC1. The number of nitrogens with zero attached hydrogens (tertiary/aromatic N) is 3. The normalized spacial score (nSPS) is 19.8. The molecule has 0 radical (unpaired) electrons. The Kier molecular flexibility index (Phi) is 2.67. The summed E-state index contributed by atoms with van der Waals surface area (Å²) in [5, 5.41) is 2.90. The topological polar surface area (TPSA) is 75.6 Å². The van der Waals surface area contributed by atoms with Crippen molar-refractivity contribution in [1.82, 2.24) is 24.8 Å². The first kappa shape index (κ1) is 12.6. The van der Waals surface area contributed by atoms with Crippen LogP contribution in [0, 0.1) is 6.92 Å². The van der Waals surface area contributed by atoms with E-state index >= 15 is 0 Å². The zero-order valence-electron chi connectivity index (χ0n) is 12.1. The third-order valence-corrected chi connectivity index (χ3v) is 4.64. The van der Waals surface area contributed by atoms with Crippen LogP contribution < -0.4 is 5.32 Å². The molecule has 2 aliphatic rings. The highest BCUT2D eigenvalue weighted by molar-refractivity contribution is 5.93. The maximum atomic E-state index is 12.0. The first-order valence-corrected chi connectivity index (χ1v) is 7.53. The van der Waals surface area contributed by atoms with Crippen LogP contribution in [-0.4, -0.2) is 32.0 Å². The van der Waals surface area contributed by atoms with E-state index in [0.29, 0.717) is 5.69 Å². The number of nitrogens with one attached hydrogen (secondary N) is 2. The molecule has 1 fully saturated rings. The number of hydrogen-bond acceptors (Lipinski definition) is 3. The van der Waals surface area contributed by atoms with Crippen LogP contribution >= 0.6 is 0 Å². The number of aromatic nitrogens is 4. The van der Waals surface area contributed by atoms with E-state index in [1.165, 1.54) is 0 Å². The Balaban J connectivity index is 1.66. The molecule has 2 aromatic rings. The number of carbonyl (C=O) groups is 1. The number of hydrogen-bond donors (Lipinski definition) is 2. The number of H-pyrrole nitrogens is 1. The van der Waals surface area contributed by atoms with Crippen LogP contribution in [0.2, 0.25) is 0 Å². The molecule has 4 rings (SSSR count). The minimum absolute atomic E-state index is 0.0420. The predicted molar refractivity (Wildman–Crippen MR) is 77.1 cm³/mol. The third-order valence-electron chi connectivity index (χ3n) is 4.64. The van der Waals surface area contributed by atoms with Gasteiger partial charge in [-0.15, -0.1) is 0 Å². The lowest BCUT2D eigenvalue weighted by atomic mass is 10.1. The second-order valence-corrected chi connectivity index (χ2v) is 6.15. The first-order valence-electron chi connectivity index (χ1n) is 7.53. The van der Waals surface area contributed by atoms with Crippen molar-refractivity contribution in [3.8, 4) is 0 Å². The van der Waals surface area contributed by atoms with Crippen molar-refractivity contribution in [3.63, 3.8) is 0 Å². The van der Waals surface area contributed by atoms with Crippen molar-refractivity contribution in [2.24, 2.45) is 0 Å². The molecule has 3 heterocycles. The Bertz CT molecular complexity index is 695. The molecule has 0 spiro atoms. The molecule has 0 aromatic carbocycles. The molecular formula is C15H19N5O. The van der Waals surface area contributed by atoms with Gasteiger partial charge in [0.15, 0.2) is 0 Å². The summed E-state index contributed by atoms with van der Waals surface area (Å²) >= 11 is 0. The third kappa shape index (κ3) is 2.05. The summed E-state index contributed by atoms with van der Waals surface area (Å²) in [7, 11) is 0. The Hall–Kier alpha value is -2.11. The molecule has 6 heteroatoms. The van der Waals surface area contributed by atoms with Crippen molar-refractivity contribution >= 4 is 5.91 Å². The highest BCUT2D eigenvalue weighted by atomic mass is 16.1. The molecule has 0 unspecified atom stereocenters. The number of aromatic amines is 1. The highest BCUT2D eigenvalue weighted by Crippen LogP contribution is 2.48. The fourth-order valence-electron chi connectivity index (χ4n) is 3.10. The zero-order valence-corrected chi connectivity index (χ0v) is 12.1. The number of fused-ring (bicyclic) bond motifs is 1. The van der Waals surface area contributed by atoms with Crippen LogP contribution in [0.3, 0.4) is 0 Å². The van der Waals surface area contributed by atoms with Gasteiger partial charge in [0.1, 0.15) is 17.3 Å². The van der Waals surface area contributed by atoms with Crippen LogP contribution in [0.25, 0.3) is 0 Å². The maximum absolute atomic E-state index is 12.0. The number of aryl methyl sites for hydroxylation is 2. The fraction of sp³-hybridized carbons (Fsp3) is 0.533. The first-order chi connectivity index (χ1) is 10.2. The van der Waals surface area contributed by atoms with E-state index in [0.717, 1.165) is 56.1 Å². The van der Waals surface area contributed by atoms with Crippen molar-refractivity contribution < 1.29 is 4.79 Å². The fourth-order valence-corrected chi connectivity index (χ4v) is 3.10. The van der Waals surface area contributed by atoms with Gasteiger partial charge in [0.2, 0.25) is 0 Å². The van der Waals surface area contributed by atoms with Crippen molar-refractivity contribution in [1.29, 1.82) is 0 Å². The number of amides is 1. The van der Waals surface area contributed by atoms with E-state index in [2.05, 4.69) is 24.8 Å². The summed E-state index contributed by atoms with van der Waals surface area (Å²) in [4.78, 5) is 24.4. The van der Waals surface area contributed by atoms with E-state index in [4.69, 9.17) is 0 Å². The Morgan fingerprint density at radius 3 is 3.00 bits per heavy atom. The molecule has 0 saturated heterocycles. The van der Waals surface area contributed by atoms with E-state index in [9.17, 15) is 4.79 Å². The number of carbonyl (C=O) groups excluding carboxylic acids is 1. The lowest BCUT2D eigenvalue weighted by molar-refractivity contribution is 0.0951. The summed E-state index contributed by atoms with van der Waals surface area (Å²) in [6.07, 6.45) is 7.92. The van der Waals surface area contributed by atoms with Gasteiger partial charge in [0.25, 0.3) is 5.91 Å². The van der Waals surface area contributed by atoms with E-state index in [1.54, 1.807) is 0 Å². The summed E-state index contributed by atoms with van der Waals surface area (Å²) in [6.45, 7) is 3.63. The van der Waals surface area contributed by atoms with Crippen LogP contribution in [0.4, 0.5) is 0 Å². The molecule has 2 N–H and O–H groups in total. The van der Waals surface area contributed by atoms with Gasteiger partial charge in [-0.3, -0.25) is 4.79 Å². The molecular weight excluding hydrogens is 266 g/mol. The Labute approximate surface area is 123 Å². The molecule has 21 heavy (non-hydrogen) atoms. The zero-order chi connectivity index (χ0) is 14.4. The largest absolute Gasteiger partial charge is 0.351 e. The smallest absolute Gasteiger partial charge is 0.271 e. The van der Waals surface area contributed by atoms with E-state index < -0.39 is 0 Å². The lowest BCUT2D eigenvalue weighted by Crippen LogP contribution is -2.24. The molecule has 110 valence electrons. The van der Waals surface area contributed by atoms with Gasteiger partial charge in [0, 0.05) is 36.6 Å². The van der Waals surface area contributed by atoms with Gasteiger partial charge < -0.3 is 14.9 Å². The molecule has 6 nitrogen and oxygen atoms in total. The number of rotatable bonds is 3. The van der Waals surface area contributed by atoms with Crippen LogP contribution in [-0.2, 0) is 18.4 Å². The van der Waals surface area contributed by atoms with Crippen LogP contribution in [0.1, 0.15) is 47.1 Å². The van der Waals surface area contributed by atoms with Crippen LogP contribution in [0.15, 0.2) is 12.4 Å². The monoisotopic (exact) mass is 285 g/mol. The minimum Gasteiger partial charge on any atom is -0.351 e. The summed E-state index contributed by atoms with van der Waals surface area (Å²) in [5.41, 5.74) is 1.64. The number of imidazole rings is 2. The van der Waals surface area contributed by atoms with Gasteiger partial charge in [-0.2, -0.15) is 0 Å². The van der Waals surface area contributed by atoms with Gasteiger partial charge >= 0.3 is 0 Å². The van der Waals surface area contributed by atoms with Crippen molar-refractivity contribution in [2.75, 3.05) is 6.54 Å². The van der Waals surface area contributed by atoms with Gasteiger partial charge in [-0.05, 0) is 32.6 Å². The quantitative estimate of drug-likeness (QED) is 0.893. The molecule has 1 amide bonds.